The van der Waals surface area contributed by atoms with Crippen LogP contribution in [0.15, 0.2) is 376 Å². The molecule has 2 heterocycles. The highest BCUT2D eigenvalue weighted by Gasteiger charge is 2.26. The van der Waals surface area contributed by atoms with Gasteiger partial charge in [-0.3, -0.25) is 0 Å². The number of nitrogens with zero attached hydrogens (tertiary/aromatic N) is 4. The van der Waals surface area contributed by atoms with Crippen LogP contribution in [-0.4, -0.2) is 9.13 Å². The van der Waals surface area contributed by atoms with E-state index < -0.39 is 0 Å². The van der Waals surface area contributed by atoms with E-state index >= 15 is 0 Å². The van der Waals surface area contributed by atoms with Crippen LogP contribution < -0.4 is 9.80 Å². The van der Waals surface area contributed by atoms with Crippen molar-refractivity contribution in [2.45, 2.75) is 0 Å². The highest BCUT2D eigenvalue weighted by Crippen LogP contribution is 2.49. The van der Waals surface area contributed by atoms with Crippen molar-refractivity contribution in [2.24, 2.45) is 0 Å². The second-order valence-corrected chi connectivity index (χ2v) is 24.8. The number of hydrogen-bond donors (Lipinski definition) is 0. The minimum Gasteiger partial charge on any atom is -0.310 e. The first-order valence-corrected chi connectivity index (χ1v) is 33.0. The number of fused-ring (bicyclic) bond motifs is 6. The maximum atomic E-state index is 2.48. The van der Waals surface area contributed by atoms with Crippen molar-refractivity contribution in [3.63, 3.8) is 0 Å². The van der Waals surface area contributed by atoms with Gasteiger partial charge in [0.1, 0.15) is 0 Å². The summed E-state index contributed by atoms with van der Waals surface area (Å²) in [5, 5.41) is 11.9. The van der Waals surface area contributed by atoms with Gasteiger partial charge in [0.25, 0.3) is 0 Å². The Morgan fingerprint density at radius 3 is 0.906 bits per heavy atom. The summed E-state index contributed by atoms with van der Waals surface area (Å²) in [6, 6.07) is 138. The van der Waals surface area contributed by atoms with Gasteiger partial charge in [0, 0.05) is 66.8 Å². The number of benzene rings is 16. The van der Waals surface area contributed by atoms with Crippen molar-refractivity contribution in [1.29, 1.82) is 0 Å². The molecule has 0 atom stereocenters. The molecule has 16 aromatic carbocycles. The highest BCUT2D eigenvalue weighted by atomic mass is 15.2. The third kappa shape index (κ3) is 9.78. The van der Waals surface area contributed by atoms with Gasteiger partial charge in [0.15, 0.2) is 0 Å². The van der Waals surface area contributed by atoms with Crippen LogP contribution in [0.1, 0.15) is 0 Å². The van der Waals surface area contributed by atoms with Crippen LogP contribution in [0.4, 0.5) is 34.1 Å². The molecule has 0 aliphatic carbocycles. The molecule has 0 fully saturated rings. The van der Waals surface area contributed by atoms with Gasteiger partial charge in [-0.1, -0.05) is 267 Å². The molecule has 0 aliphatic rings. The maximum absolute atomic E-state index is 2.48. The fourth-order valence-corrected chi connectivity index (χ4v) is 14.8. The summed E-state index contributed by atoms with van der Waals surface area (Å²) in [5.41, 5.74) is 22.5. The van der Waals surface area contributed by atoms with Crippen LogP contribution in [0.2, 0.25) is 0 Å². The minimum absolute atomic E-state index is 1.07. The van der Waals surface area contributed by atoms with Gasteiger partial charge >= 0.3 is 0 Å². The monoisotopic (exact) mass is 1220 g/mol. The van der Waals surface area contributed by atoms with E-state index in [1.54, 1.807) is 0 Å². The second-order valence-electron chi connectivity index (χ2n) is 24.8. The zero-order chi connectivity index (χ0) is 63.5. The molecule has 0 N–H and O–H groups in total. The Bertz CT molecular complexity index is 5550. The summed E-state index contributed by atoms with van der Waals surface area (Å²) in [5.74, 6) is 0. The van der Waals surface area contributed by atoms with E-state index in [2.05, 4.69) is 395 Å². The van der Waals surface area contributed by atoms with E-state index in [-0.39, 0.29) is 0 Å². The lowest BCUT2D eigenvalue weighted by atomic mass is 9.94. The second kappa shape index (κ2) is 23.7. The van der Waals surface area contributed by atoms with Crippen LogP contribution in [0.3, 0.4) is 0 Å². The summed E-state index contributed by atoms with van der Waals surface area (Å²) in [4.78, 5) is 4.82. The van der Waals surface area contributed by atoms with Crippen LogP contribution in [0.5, 0.6) is 0 Å². The van der Waals surface area contributed by atoms with E-state index in [0.29, 0.717) is 0 Å². The van der Waals surface area contributed by atoms with Gasteiger partial charge in [0.2, 0.25) is 0 Å². The summed E-state index contributed by atoms with van der Waals surface area (Å²) in [6.45, 7) is 0. The van der Waals surface area contributed by atoms with Crippen molar-refractivity contribution in [3.05, 3.63) is 376 Å². The molecule has 0 unspecified atom stereocenters. The third-order valence-corrected chi connectivity index (χ3v) is 19.2. The van der Waals surface area contributed by atoms with Crippen molar-refractivity contribution < 1.29 is 0 Å². The number of aromatic nitrogens is 2. The van der Waals surface area contributed by atoms with Gasteiger partial charge in [-0.25, -0.2) is 0 Å². The fraction of sp³-hybridized carbons (Fsp3) is 0. The summed E-state index contributed by atoms with van der Waals surface area (Å²) >= 11 is 0. The average molecular weight is 1220 g/mol. The average Bonchev–Trinajstić information content (AvgIpc) is 1.48. The zero-order valence-corrected chi connectivity index (χ0v) is 52.6. The van der Waals surface area contributed by atoms with E-state index in [9.17, 15) is 0 Å². The third-order valence-electron chi connectivity index (χ3n) is 19.2. The Hall–Kier alpha value is -12.8. The Balaban J connectivity index is 0.807. The Labute approximate surface area is 558 Å². The van der Waals surface area contributed by atoms with E-state index in [1.807, 2.05) is 0 Å². The SMILES string of the molecule is c1ccc(-c2c(-c3ccccc3)n(-c3ccc(N(c4ccc5ccccc5c4)c4cccc5ccccc45)cc3)c3ccc(-c4ccc5c(c4)c(-c4ccccc4)c(-c4ccccc4)n5-c4ccc(N(c5ccc6ccccc6c5)c5cccc6ccccc56)cc4)cc23)cc1. The van der Waals surface area contributed by atoms with Gasteiger partial charge in [-0.2, -0.15) is 0 Å². The topological polar surface area (TPSA) is 16.3 Å². The first-order valence-electron chi connectivity index (χ1n) is 33.0. The molecule has 0 radical (unpaired) electrons. The predicted molar refractivity (Wildman–Crippen MR) is 407 cm³/mol. The molecule has 0 saturated heterocycles. The van der Waals surface area contributed by atoms with Crippen LogP contribution in [0.25, 0.3) is 132 Å². The van der Waals surface area contributed by atoms with Gasteiger partial charge in [0.05, 0.1) is 33.8 Å². The standard InChI is InChI=1S/C92H62N4/c1-5-27-67(28-6-1)89-83-61-73(45-57-87(83)95(91(89)69-31-9-3-10-32-69)77-53-49-75(50-54-77)93(79-47-43-63-23-13-15-35-71(63)59-79)85-41-21-37-65-25-17-19-39-81(65)85)74-46-58-88-84(62-74)90(68-29-7-2-8-30-68)92(70-33-11-4-12-34-70)96(88)78-55-51-76(52-56-78)94(80-48-44-64-24-14-16-36-72(64)60-80)86-42-22-38-66-26-18-20-40-82(66)86/h1-62H. The molecule has 96 heavy (non-hydrogen) atoms. The summed E-state index contributed by atoms with van der Waals surface area (Å²) < 4.78 is 4.96. The van der Waals surface area contributed by atoms with Crippen molar-refractivity contribution in [3.8, 4) is 67.3 Å². The van der Waals surface area contributed by atoms with Crippen molar-refractivity contribution in [1.82, 2.24) is 9.13 Å². The van der Waals surface area contributed by atoms with Gasteiger partial charge < -0.3 is 18.9 Å². The molecule has 18 aromatic rings. The summed E-state index contributed by atoms with van der Waals surface area (Å²) in [6.07, 6.45) is 0. The van der Waals surface area contributed by atoms with E-state index in [0.717, 1.165) is 101 Å². The van der Waals surface area contributed by atoms with Gasteiger partial charge in [-0.05, 0) is 175 Å². The Kier molecular flexibility index (Phi) is 13.8. The molecule has 2 aromatic heterocycles. The molecule has 450 valence electrons. The first kappa shape index (κ1) is 56.0. The van der Waals surface area contributed by atoms with E-state index in [1.165, 1.54) is 65.0 Å². The van der Waals surface area contributed by atoms with Crippen LogP contribution in [0, 0.1) is 0 Å². The number of hydrogen-bond acceptors (Lipinski definition) is 2. The van der Waals surface area contributed by atoms with Crippen LogP contribution >= 0.6 is 0 Å². The molecule has 18 rings (SSSR count). The molecule has 0 saturated carbocycles. The minimum atomic E-state index is 1.07. The van der Waals surface area contributed by atoms with Crippen molar-refractivity contribution in [2.75, 3.05) is 9.80 Å². The molecule has 0 bridgehead atoms. The normalized spacial score (nSPS) is 11.5. The molecule has 0 aliphatic heterocycles. The largest absolute Gasteiger partial charge is 0.310 e. The van der Waals surface area contributed by atoms with Crippen LogP contribution in [-0.2, 0) is 0 Å². The van der Waals surface area contributed by atoms with E-state index in [4.69, 9.17) is 0 Å². The molecular weight excluding hydrogens is 1160 g/mol. The molecule has 4 nitrogen and oxygen atoms in total. The molecule has 0 amide bonds. The summed E-state index contributed by atoms with van der Waals surface area (Å²) in [7, 11) is 0. The Morgan fingerprint density at radius 2 is 0.510 bits per heavy atom. The number of rotatable bonds is 13. The zero-order valence-electron chi connectivity index (χ0n) is 52.6. The fourth-order valence-electron chi connectivity index (χ4n) is 14.8. The highest BCUT2D eigenvalue weighted by molar-refractivity contribution is 6.11. The van der Waals surface area contributed by atoms with Gasteiger partial charge in [-0.15, -0.1) is 0 Å². The lowest BCUT2D eigenvalue weighted by molar-refractivity contribution is 1.13. The smallest absolute Gasteiger partial charge is 0.0619 e. The Morgan fingerprint density at radius 1 is 0.188 bits per heavy atom. The molecule has 4 heteroatoms. The van der Waals surface area contributed by atoms with Crippen molar-refractivity contribution >= 4 is 99.0 Å². The number of anilines is 6. The first-order chi connectivity index (χ1) is 47.6. The molecular formula is C92H62N4. The molecule has 0 spiro atoms. The predicted octanol–water partition coefficient (Wildman–Crippen LogP) is 25.5. The lowest BCUT2D eigenvalue weighted by Gasteiger charge is -2.27. The quantitative estimate of drug-likeness (QED) is 0.114. The lowest BCUT2D eigenvalue weighted by Crippen LogP contribution is -2.10. The maximum Gasteiger partial charge on any atom is 0.0619 e.